The van der Waals surface area contributed by atoms with Crippen molar-refractivity contribution in [3.8, 4) is 0 Å². The second kappa shape index (κ2) is 6.60. The molecule has 3 nitrogen and oxygen atoms in total. The Morgan fingerprint density at radius 2 is 2.36 bits per heavy atom. The summed E-state index contributed by atoms with van der Waals surface area (Å²) in [6, 6.07) is 0. The van der Waals surface area contributed by atoms with Crippen LogP contribution in [-0.2, 0) is 9.53 Å². The third-order valence-electron chi connectivity index (χ3n) is 2.30. The maximum atomic E-state index is 11.0. The van der Waals surface area contributed by atoms with E-state index >= 15 is 0 Å². The molecule has 1 aliphatic heterocycles. The average molecular weight is 197 g/mol. The minimum Gasteiger partial charge on any atom is -0.466 e. The number of carbonyl (C=O) groups is 1. The molecule has 0 radical (unpaired) electrons. The number of esters is 1. The first-order valence-corrected chi connectivity index (χ1v) is 5.36. The van der Waals surface area contributed by atoms with Crippen LogP contribution in [0.3, 0.4) is 0 Å². The lowest BCUT2D eigenvalue weighted by Gasteiger charge is -2.22. The van der Waals surface area contributed by atoms with Gasteiger partial charge in [-0.05, 0) is 26.3 Å². The normalized spacial score (nSPS) is 16.9. The fraction of sp³-hybridized carbons (Fsp3) is 0.727. The Kier molecular flexibility index (Phi) is 5.30. The van der Waals surface area contributed by atoms with E-state index in [0.29, 0.717) is 13.0 Å². The molecule has 0 spiro atoms. The zero-order valence-corrected chi connectivity index (χ0v) is 8.87. The third-order valence-corrected chi connectivity index (χ3v) is 2.30. The van der Waals surface area contributed by atoms with Crippen molar-refractivity contribution in [2.45, 2.75) is 26.2 Å². The van der Waals surface area contributed by atoms with Gasteiger partial charge in [0.15, 0.2) is 0 Å². The molecule has 0 amide bonds. The fourth-order valence-corrected chi connectivity index (χ4v) is 1.57. The highest BCUT2D eigenvalue weighted by Crippen LogP contribution is 2.03. The van der Waals surface area contributed by atoms with Crippen molar-refractivity contribution >= 4 is 5.97 Å². The van der Waals surface area contributed by atoms with Crippen LogP contribution >= 0.6 is 0 Å². The third kappa shape index (κ3) is 4.42. The lowest BCUT2D eigenvalue weighted by Crippen LogP contribution is -2.28. The molecule has 0 aliphatic carbocycles. The largest absolute Gasteiger partial charge is 0.466 e. The second-order valence-electron chi connectivity index (χ2n) is 3.47. The molecular formula is C11H19NO2. The highest BCUT2D eigenvalue weighted by atomic mass is 16.5. The van der Waals surface area contributed by atoms with Crippen LogP contribution in [0.15, 0.2) is 12.2 Å². The van der Waals surface area contributed by atoms with Gasteiger partial charge in [-0.15, -0.1) is 0 Å². The van der Waals surface area contributed by atoms with Crippen LogP contribution < -0.4 is 0 Å². The van der Waals surface area contributed by atoms with Gasteiger partial charge in [-0.25, -0.2) is 0 Å². The molecule has 0 aromatic carbocycles. The highest BCUT2D eigenvalue weighted by Gasteiger charge is 2.07. The van der Waals surface area contributed by atoms with Crippen molar-refractivity contribution in [1.29, 1.82) is 0 Å². The molecule has 0 N–H and O–H groups in total. The van der Waals surface area contributed by atoms with Crippen LogP contribution in [0.1, 0.15) is 26.2 Å². The van der Waals surface area contributed by atoms with Crippen LogP contribution in [0.25, 0.3) is 0 Å². The van der Waals surface area contributed by atoms with Crippen molar-refractivity contribution in [3.05, 3.63) is 12.2 Å². The monoisotopic (exact) mass is 197 g/mol. The number of carbonyl (C=O) groups excluding carboxylic acids is 1. The summed E-state index contributed by atoms with van der Waals surface area (Å²) in [7, 11) is 0. The molecule has 0 atom stereocenters. The Labute approximate surface area is 85.7 Å². The molecule has 1 aliphatic rings. The van der Waals surface area contributed by atoms with Crippen molar-refractivity contribution in [1.82, 2.24) is 4.90 Å². The molecule has 0 aromatic rings. The minimum absolute atomic E-state index is 0.0694. The lowest BCUT2D eigenvalue weighted by molar-refractivity contribution is -0.143. The molecule has 0 bridgehead atoms. The maximum Gasteiger partial charge on any atom is 0.305 e. The summed E-state index contributed by atoms with van der Waals surface area (Å²) in [6.07, 6.45) is 7.00. The number of hydrogen-bond acceptors (Lipinski definition) is 3. The van der Waals surface area contributed by atoms with E-state index in [1.807, 2.05) is 6.92 Å². The van der Waals surface area contributed by atoms with E-state index in [4.69, 9.17) is 4.74 Å². The van der Waals surface area contributed by atoms with E-state index in [0.717, 1.165) is 32.5 Å². The molecular weight excluding hydrogens is 178 g/mol. The number of rotatable bonds is 5. The van der Waals surface area contributed by atoms with Gasteiger partial charge < -0.3 is 4.74 Å². The summed E-state index contributed by atoms with van der Waals surface area (Å²) in [4.78, 5) is 13.4. The van der Waals surface area contributed by atoms with Gasteiger partial charge in [-0.3, -0.25) is 9.69 Å². The van der Waals surface area contributed by atoms with E-state index < -0.39 is 0 Å². The van der Waals surface area contributed by atoms with Gasteiger partial charge in [-0.1, -0.05) is 12.2 Å². The first-order valence-electron chi connectivity index (χ1n) is 5.36. The smallest absolute Gasteiger partial charge is 0.305 e. The van der Waals surface area contributed by atoms with Gasteiger partial charge >= 0.3 is 5.97 Å². The number of hydrogen-bond donors (Lipinski definition) is 0. The Hall–Kier alpha value is -0.830. The highest BCUT2D eigenvalue weighted by molar-refractivity contribution is 5.69. The first kappa shape index (κ1) is 11.2. The molecule has 80 valence electrons. The van der Waals surface area contributed by atoms with Crippen molar-refractivity contribution in [3.63, 3.8) is 0 Å². The van der Waals surface area contributed by atoms with Gasteiger partial charge in [-0.2, -0.15) is 0 Å². The second-order valence-corrected chi connectivity index (χ2v) is 3.47. The van der Waals surface area contributed by atoms with E-state index in [-0.39, 0.29) is 5.97 Å². The summed E-state index contributed by atoms with van der Waals surface area (Å²) < 4.78 is 4.86. The van der Waals surface area contributed by atoms with E-state index in [9.17, 15) is 4.79 Å². The van der Waals surface area contributed by atoms with E-state index in [1.165, 1.54) is 0 Å². The van der Waals surface area contributed by atoms with Gasteiger partial charge in [0, 0.05) is 19.5 Å². The number of nitrogens with zero attached hydrogens (tertiary/aromatic N) is 1. The topological polar surface area (TPSA) is 29.5 Å². The molecule has 0 aromatic heterocycles. The molecule has 0 fully saturated rings. The fourth-order valence-electron chi connectivity index (χ4n) is 1.57. The van der Waals surface area contributed by atoms with Gasteiger partial charge in [0.2, 0.25) is 0 Å². The van der Waals surface area contributed by atoms with Crippen molar-refractivity contribution < 1.29 is 9.53 Å². The molecule has 1 heterocycles. The van der Waals surface area contributed by atoms with E-state index in [2.05, 4.69) is 17.1 Å². The summed E-state index contributed by atoms with van der Waals surface area (Å²) >= 11 is 0. The van der Waals surface area contributed by atoms with Crippen LogP contribution in [0.2, 0.25) is 0 Å². The van der Waals surface area contributed by atoms with Gasteiger partial charge in [0.05, 0.1) is 6.61 Å². The Morgan fingerprint density at radius 1 is 1.50 bits per heavy atom. The Bertz CT molecular complexity index is 201. The van der Waals surface area contributed by atoms with Crippen LogP contribution in [0.5, 0.6) is 0 Å². The molecule has 0 saturated heterocycles. The minimum atomic E-state index is -0.0694. The molecule has 0 saturated carbocycles. The predicted molar refractivity (Wildman–Crippen MR) is 56.1 cm³/mol. The first-order chi connectivity index (χ1) is 6.83. The van der Waals surface area contributed by atoms with Crippen LogP contribution in [0.4, 0.5) is 0 Å². The van der Waals surface area contributed by atoms with Gasteiger partial charge in [0.25, 0.3) is 0 Å². The molecule has 3 heteroatoms. The predicted octanol–water partition coefficient (Wildman–Crippen LogP) is 1.59. The summed E-state index contributed by atoms with van der Waals surface area (Å²) in [6.45, 7) is 5.49. The van der Waals surface area contributed by atoms with E-state index in [1.54, 1.807) is 0 Å². The lowest BCUT2D eigenvalue weighted by atomic mass is 10.2. The Balaban J connectivity index is 2.03. The maximum absolute atomic E-state index is 11.0. The zero-order chi connectivity index (χ0) is 10.2. The average Bonchev–Trinajstić information content (AvgIpc) is 2.20. The number of ether oxygens (including phenoxy) is 1. The van der Waals surface area contributed by atoms with Crippen molar-refractivity contribution in [2.24, 2.45) is 0 Å². The van der Waals surface area contributed by atoms with Crippen LogP contribution in [-0.4, -0.2) is 37.1 Å². The van der Waals surface area contributed by atoms with Crippen LogP contribution in [0, 0.1) is 0 Å². The summed E-state index contributed by atoms with van der Waals surface area (Å²) in [5, 5.41) is 0. The van der Waals surface area contributed by atoms with Crippen molar-refractivity contribution in [2.75, 3.05) is 26.2 Å². The summed E-state index contributed by atoms with van der Waals surface area (Å²) in [5.74, 6) is -0.0694. The SMILES string of the molecule is CCOC(=O)CCCN1CC=CCC1. The zero-order valence-electron chi connectivity index (χ0n) is 8.87. The summed E-state index contributed by atoms with van der Waals surface area (Å²) in [5.41, 5.74) is 0. The molecule has 0 unspecified atom stereocenters. The molecule has 14 heavy (non-hydrogen) atoms. The van der Waals surface area contributed by atoms with Gasteiger partial charge in [0.1, 0.15) is 0 Å². The molecule has 1 rings (SSSR count). The Morgan fingerprint density at radius 3 is 3.00 bits per heavy atom. The quantitative estimate of drug-likeness (QED) is 0.495. The standard InChI is InChI=1S/C11H19NO2/c1-2-14-11(13)7-6-10-12-8-4-3-5-9-12/h3-4H,2,5-10H2,1H3.